The van der Waals surface area contributed by atoms with Crippen molar-refractivity contribution in [2.24, 2.45) is 5.41 Å². The second kappa shape index (κ2) is 14.4. The Kier molecular flexibility index (Phi) is 10.9. The van der Waals surface area contributed by atoms with Crippen LogP contribution in [0.25, 0.3) is 0 Å². The number of rotatable bonds is 8. The van der Waals surface area contributed by atoms with Crippen molar-refractivity contribution in [2.75, 3.05) is 45.8 Å². The van der Waals surface area contributed by atoms with Gasteiger partial charge < -0.3 is 9.80 Å². The van der Waals surface area contributed by atoms with Crippen molar-refractivity contribution in [3.05, 3.63) is 69.5 Å². The molecule has 254 valence electrons. The summed E-state index contributed by atoms with van der Waals surface area (Å²) in [6.07, 6.45) is -2.54. The first-order valence-corrected chi connectivity index (χ1v) is 16.6. The van der Waals surface area contributed by atoms with Gasteiger partial charge in [0.25, 0.3) is 0 Å². The van der Waals surface area contributed by atoms with Gasteiger partial charge in [-0.3, -0.25) is 9.69 Å². The lowest BCUT2D eigenvalue weighted by Gasteiger charge is -2.45. The minimum atomic E-state index is -5.18. The van der Waals surface area contributed by atoms with Crippen LogP contribution >= 0.6 is 11.6 Å². The quantitative estimate of drug-likeness (QED) is 0.264. The summed E-state index contributed by atoms with van der Waals surface area (Å²) in [5, 5.41) is 0.133. The lowest BCUT2D eigenvalue weighted by atomic mass is 9.72. The van der Waals surface area contributed by atoms with Gasteiger partial charge in [0.1, 0.15) is 5.82 Å². The number of piperidine rings is 1. The minimum absolute atomic E-state index is 0.0822. The van der Waals surface area contributed by atoms with Gasteiger partial charge in [-0.05, 0) is 80.3 Å². The molecule has 5 rings (SSSR count). The standard InChI is InChI=1S/C34H41ClF7N3O/c35-29-8-4-9-30(36)26(29)21-31(46)45-14-5-12-32(23-45,13-15-43-16-18-44(19-17-43)25-6-2-1-3-7-25)22-24-10-11-27(33(37,38)39)28(20-24)34(40,41)42/h4,8-11,20,25H,1-3,5-7,12-19,21-23H2/t32-/m1/s1. The van der Waals surface area contributed by atoms with Crippen LogP contribution in [-0.4, -0.2) is 72.5 Å². The van der Waals surface area contributed by atoms with Gasteiger partial charge in [-0.2, -0.15) is 26.3 Å². The molecule has 2 aromatic rings. The summed E-state index contributed by atoms with van der Waals surface area (Å²) < 4.78 is 96.5. The first-order valence-electron chi connectivity index (χ1n) is 16.2. The molecular weight excluding hydrogens is 635 g/mol. The van der Waals surface area contributed by atoms with Gasteiger partial charge in [0, 0.05) is 55.9 Å². The van der Waals surface area contributed by atoms with Crippen LogP contribution in [0.4, 0.5) is 30.7 Å². The average Bonchev–Trinajstić information content (AvgIpc) is 3.02. The highest BCUT2D eigenvalue weighted by Gasteiger charge is 2.44. The highest BCUT2D eigenvalue weighted by molar-refractivity contribution is 6.31. The number of piperazine rings is 1. The lowest BCUT2D eigenvalue weighted by molar-refractivity contribution is -0.162. The van der Waals surface area contributed by atoms with Crippen LogP contribution in [0.5, 0.6) is 0 Å². The zero-order valence-electron chi connectivity index (χ0n) is 25.8. The fourth-order valence-electron chi connectivity index (χ4n) is 7.63. The van der Waals surface area contributed by atoms with E-state index in [9.17, 15) is 35.5 Å². The maximum absolute atomic E-state index is 14.5. The number of alkyl halides is 6. The van der Waals surface area contributed by atoms with Gasteiger partial charge in [0.05, 0.1) is 17.5 Å². The van der Waals surface area contributed by atoms with Crippen molar-refractivity contribution < 1.29 is 35.5 Å². The van der Waals surface area contributed by atoms with E-state index in [4.69, 9.17) is 11.6 Å². The fraction of sp³-hybridized carbons (Fsp3) is 0.618. The molecule has 0 bridgehead atoms. The predicted octanol–water partition coefficient (Wildman–Crippen LogP) is 8.25. The van der Waals surface area contributed by atoms with Crippen molar-refractivity contribution >= 4 is 17.5 Å². The van der Waals surface area contributed by atoms with Crippen molar-refractivity contribution in [2.45, 2.75) is 82.6 Å². The van der Waals surface area contributed by atoms with Crippen LogP contribution in [-0.2, 0) is 30.0 Å². The molecule has 4 nitrogen and oxygen atoms in total. The number of carbonyl (C=O) groups excluding carboxylic acids is 1. The van der Waals surface area contributed by atoms with E-state index in [2.05, 4.69) is 9.80 Å². The molecule has 1 saturated carbocycles. The third kappa shape index (κ3) is 8.55. The molecular formula is C34H41ClF7N3O. The van der Waals surface area contributed by atoms with E-state index >= 15 is 0 Å². The average molecular weight is 676 g/mol. The van der Waals surface area contributed by atoms with Crippen molar-refractivity contribution in [1.82, 2.24) is 14.7 Å². The molecule has 0 unspecified atom stereocenters. The molecule has 1 amide bonds. The van der Waals surface area contributed by atoms with E-state index in [-0.39, 0.29) is 41.4 Å². The predicted molar refractivity (Wildman–Crippen MR) is 163 cm³/mol. The Morgan fingerprint density at radius 3 is 2.22 bits per heavy atom. The third-order valence-corrected chi connectivity index (χ3v) is 10.5. The SMILES string of the molecule is O=C(Cc1c(F)cccc1Cl)N1CCC[C@@](CCN2CCN(C3CCCCC3)CC2)(Cc2ccc(C(F)(F)F)c(C(F)(F)F)c2)C1. The molecule has 12 heteroatoms. The highest BCUT2D eigenvalue weighted by Crippen LogP contribution is 2.43. The molecule has 3 fully saturated rings. The number of amides is 1. The van der Waals surface area contributed by atoms with Gasteiger partial charge in [-0.15, -0.1) is 0 Å². The van der Waals surface area contributed by atoms with Crippen LogP contribution in [0, 0.1) is 11.2 Å². The first-order chi connectivity index (χ1) is 21.7. The van der Waals surface area contributed by atoms with E-state index in [1.807, 2.05) is 0 Å². The molecule has 0 radical (unpaired) electrons. The van der Waals surface area contributed by atoms with Gasteiger partial charge >= 0.3 is 12.4 Å². The maximum atomic E-state index is 14.5. The van der Waals surface area contributed by atoms with Crippen molar-refractivity contribution in [1.29, 1.82) is 0 Å². The number of halogens is 8. The van der Waals surface area contributed by atoms with Gasteiger partial charge in [-0.1, -0.05) is 43.0 Å². The van der Waals surface area contributed by atoms with E-state index in [1.165, 1.54) is 50.3 Å². The van der Waals surface area contributed by atoms with Gasteiger partial charge in [0.15, 0.2) is 0 Å². The molecule has 0 N–H and O–H groups in total. The summed E-state index contributed by atoms with van der Waals surface area (Å²) in [6.45, 7) is 4.88. The van der Waals surface area contributed by atoms with E-state index in [0.717, 1.165) is 32.2 Å². The number of likely N-dealkylation sites (tertiary alicyclic amines) is 1. The topological polar surface area (TPSA) is 26.8 Å². The molecule has 0 spiro atoms. The Bertz CT molecular complexity index is 1330. The Morgan fingerprint density at radius 1 is 0.870 bits per heavy atom. The smallest absolute Gasteiger partial charge is 0.342 e. The second-order valence-corrected chi connectivity index (χ2v) is 13.7. The summed E-state index contributed by atoms with van der Waals surface area (Å²) in [4.78, 5) is 20.0. The lowest BCUT2D eigenvalue weighted by Crippen LogP contribution is -2.52. The summed E-state index contributed by atoms with van der Waals surface area (Å²) >= 11 is 6.18. The van der Waals surface area contributed by atoms with Crippen molar-refractivity contribution in [3.8, 4) is 0 Å². The van der Waals surface area contributed by atoms with Crippen molar-refractivity contribution in [3.63, 3.8) is 0 Å². The van der Waals surface area contributed by atoms with E-state index in [0.29, 0.717) is 50.5 Å². The third-order valence-electron chi connectivity index (χ3n) is 10.1. The number of carbonyl (C=O) groups is 1. The van der Waals surface area contributed by atoms with Gasteiger partial charge in [-0.25, -0.2) is 4.39 Å². The largest absolute Gasteiger partial charge is 0.417 e. The molecule has 1 aliphatic carbocycles. The van der Waals surface area contributed by atoms with Crippen LogP contribution in [0.1, 0.15) is 73.6 Å². The summed E-state index contributed by atoms with van der Waals surface area (Å²) in [5.74, 6) is -0.943. The molecule has 46 heavy (non-hydrogen) atoms. The molecule has 2 heterocycles. The monoisotopic (exact) mass is 675 g/mol. The Hall–Kier alpha value is -2.37. The van der Waals surface area contributed by atoms with E-state index < -0.39 is 34.7 Å². The molecule has 2 aliphatic heterocycles. The Balaban J connectivity index is 1.35. The fourth-order valence-corrected chi connectivity index (χ4v) is 7.86. The van der Waals surface area contributed by atoms with Crippen LogP contribution in [0.2, 0.25) is 5.02 Å². The van der Waals surface area contributed by atoms with E-state index in [1.54, 1.807) is 4.90 Å². The molecule has 3 aliphatic rings. The van der Waals surface area contributed by atoms with Crippen LogP contribution in [0.3, 0.4) is 0 Å². The molecule has 1 atom stereocenters. The molecule has 2 aromatic carbocycles. The number of nitrogens with zero attached hydrogens (tertiary/aromatic N) is 3. The Labute approximate surface area is 270 Å². The van der Waals surface area contributed by atoms with Gasteiger partial charge in [0.2, 0.25) is 5.91 Å². The zero-order valence-corrected chi connectivity index (χ0v) is 26.6. The summed E-state index contributed by atoms with van der Waals surface area (Å²) in [5.41, 5.74) is -3.86. The minimum Gasteiger partial charge on any atom is -0.342 e. The second-order valence-electron chi connectivity index (χ2n) is 13.3. The number of hydrogen-bond donors (Lipinski definition) is 0. The highest BCUT2D eigenvalue weighted by atomic mass is 35.5. The summed E-state index contributed by atoms with van der Waals surface area (Å²) in [6, 6.07) is 7.06. The maximum Gasteiger partial charge on any atom is 0.417 e. The number of hydrogen-bond acceptors (Lipinski definition) is 3. The molecule has 2 saturated heterocycles. The summed E-state index contributed by atoms with van der Waals surface area (Å²) in [7, 11) is 0. The Morgan fingerprint density at radius 2 is 1.57 bits per heavy atom. The zero-order chi connectivity index (χ0) is 33.1. The molecule has 0 aromatic heterocycles. The number of benzene rings is 2. The first kappa shape index (κ1) is 35.0. The van der Waals surface area contributed by atoms with Crippen LogP contribution in [0.15, 0.2) is 36.4 Å². The normalized spacial score (nSPS) is 22.7. The van der Waals surface area contributed by atoms with Crippen LogP contribution < -0.4 is 0 Å².